The van der Waals surface area contributed by atoms with Gasteiger partial charge in [0.15, 0.2) is 0 Å². The minimum Gasteiger partial charge on any atom is -0.382 e. The third-order valence-electron chi connectivity index (χ3n) is 3.29. The second-order valence-corrected chi connectivity index (χ2v) is 5.84. The van der Waals surface area contributed by atoms with E-state index in [2.05, 4.69) is 5.32 Å². The van der Waals surface area contributed by atoms with Gasteiger partial charge in [-0.15, -0.1) is 0 Å². The Kier molecular flexibility index (Phi) is 4.39. The molecule has 1 fully saturated rings. The fraction of sp³-hybridized carbons (Fsp3) is 0.500. The lowest BCUT2D eigenvalue weighted by molar-refractivity contribution is -0.385. The molecule has 1 saturated carbocycles. The molecule has 0 unspecified atom stereocenters. The first kappa shape index (κ1) is 13.5. The number of halogens is 1. The van der Waals surface area contributed by atoms with Crippen LogP contribution < -0.4 is 11.1 Å². The van der Waals surface area contributed by atoms with Crippen molar-refractivity contribution in [3.63, 3.8) is 0 Å². The predicted octanol–water partition coefficient (Wildman–Crippen LogP) is 2.88. The number of hydrogen-bond acceptors (Lipinski definition) is 4. The van der Waals surface area contributed by atoms with Gasteiger partial charge in [-0.25, -0.2) is 0 Å². The van der Waals surface area contributed by atoms with Gasteiger partial charge in [-0.05, 0) is 60.4 Å². The first-order chi connectivity index (χ1) is 8.56. The summed E-state index contributed by atoms with van der Waals surface area (Å²) in [5.74, 6) is 0. The maximum Gasteiger partial charge on any atom is 0.282 e. The maximum absolute atomic E-state index is 10.7. The van der Waals surface area contributed by atoms with Crippen LogP contribution in [0, 0.1) is 13.7 Å². The fourth-order valence-electron chi connectivity index (χ4n) is 2.24. The molecule has 0 bridgehead atoms. The van der Waals surface area contributed by atoms with Gasteiger partial charge in [-0.2, -0.15) is 0 Å². The van der Waals surface area contributed by atoms with E-state index in [4.69, 9.17) is 5.73 Å². The summed E-state index contributed by atoms with van der Waals surface area (Å²) >= 11 is 2.00. The highest BCUT2D eigenvalue weighted by molar-refractivity contribution is 14.1. The van der Waals surface area contributed by atoms with E-state index in [-0.39, 0.29) is 10.6 Å². The Morgan fingerprint density at radius 2 is 2.00 bits per heavy atom. The van der Waals surface area contributed by atoms with Crippen molar-refractivity contribution in [3.05, 3.63) is 31.9 Å². The van der Waals surface area contributed by atoms with Gasteiger partial charge in [-0.1, -0.05) is 0 Å². The lowest BCUT2D eigenvalue weighted by atomic mass is 9.92. The van der Waals surface area contributed by atoms with Crippen LogP contribution >= 0.6 is 22.6 Å². The molecule has 1 aromatic carbocycles. The van der Waals surface area contributed by atoms with Crippen molar-refractivity contribution in [3.8, 4) is 0 Å². The van der Waals surface area contributed by atoms with Gasteiger partial charge in [0.25, 0.3) is 5.69 Å². The Morgan fingerprint density at radius 1 is 1.33 bits per heavy atom. The summed E-state index contributed by atoms with van der Waals surface area (Å²) in [6.07, 6.45) is 4.22. The molecule has 3 N–H and O–H groups in total. The van der Waals surface area contributed by atoms with E-state index in [1.807, 2.05) is 28.7 Å². The molecular formula is C12H16IN3O2. The summed E-state index contributed by atoms with van der Waals surface area (Å²) in [7, 11) is 0. The van der Waals surface area contributed by atoms with Gasteiger partial charge in [0, 0.05) is 23.8 Å². The average molecular weight is 361 g/mol. The van der Waals surface area contributed by atoms with Crippen molar-refractivity contribution in [2.24, 2.45) is 5.73 Å². The monoisotopic (exact) mass is 361 g/mol. The van der Waals surface area contributed by atoms with Gasteiger partial charge in [0.2, 0.25) is 0 Å². The Bertz CT molecular complexity index is 445. The van der Waals surface area contributed by atoms with Crippen molar-refractivity contribution in [1.82, 2.24) is 0 Å². The summed E-state index contributed by atoms with van der Waals surface area (Å²) in [6, 6.07) is 5.92. The highest BCUT2D eigenvalue weighted by Gasteiger charge is 2.19. The minimum atomic E-state index is -0.356. The van der Waals surface area contributed by atoms with E-state index in [1.54, 1.807) is 12.1 Å². The van der Waals surface area contributed by atoms with E-state index < -0.39 is 0 Å². The average Bonchev–Trinajstić information content (AvgIpc) is 2.32. The summed E-state index contributed by atoms with van der Waals surface area (Å²) in [6.45, 7) is 0. The van der Waals surface area contributed by atoms with Crippen LogP contribution in [-0.4, -0.2) is 17.0 Å². The Balaban J connectivity index is 2.02. The highest BCUT2D eigenvalue weighted by Crippen LogP contribution is 2.26. The molecule has 0 aromatic heterocycles. The van der Waals surface area contributed by atoms with Crippen LogP contribution in [0.1, 0.15) is 25.7 Å². The van der Waals surface area contributed by atoms with Gasteiger partial charge in [0.05, 0.1) is 8.49 Å². The van der Waals surface area contributed by atoms with E-state index in [0.717, 1.165) is 31.4 Å². The molecule has 6 heteroatoms. The summed E-state index contributed by atoms with van der Waals surface area (Å²) in [5.41, 5.74) is 6.97. The zero-order chi connectivity index (χ0) is 13.1. The van der Waals surface area contributed by atoms with Crippen LogP contribution in [0.5, 0.6) is 0 Å². The van der Waals surface area contributed by atoms with Crippen molar-refractivity contribution in [1.29, 1.82) is 0 Å². The molecule has 0 aliphatic heterocycles. The molecular weight excluding hydrogens is 345 g/mol. The van der Waals surface area contributed by atoms with Crippen molar-refractivity contribution < 1.29 is 4.92 Å². The van der Waals surface area contributed by atoms with Crippen molar-refractivity contribution in [2.45, 2.75) is 37.8 Å². The molecule has 2 rings (SSSR count). The quantitative estimate of drug-likeness (QED) is 0.493. The fourth-order valence-corrected chi connectivity index (χ4v) is 2.96. The molecule has 0 atom stereocenters. The van der Waals surface area contributed by atoms with Gasteiger partial charge in [0.1, 0.15) is 0 Å². The van der Waals surface area contributed by atoms with Crippen LogP contribution in [0.3, 0.4) is 0 Å². The molecule has 0 heterocycles. The molecule has 18 heavy (non-hydrogen) atoms. The Labute approximate surface area is 119 Å². The van der Waals surface area contributed by atoms with E-state index >= 15 is 0 Å². The van der Waals surface area contributed by atoms with Gasteiger partial charge < -0.3 is 11.1 Å². The topological polar surface area (TPSA) is 81.2 Å². The molecule has 0 spiro atoms. The summed E-state index contributed by atoms with van der Waals surface area (Å²) in [5, 5.41) is 14.2. The Hall–Kier alpha value is -0.890. The van der Waals surface area contributed by atoms with E-state index in [9.17, 15) is 10.1 Å². The smallest absolute Gasteiger partial charge is 0.282 e. The number of rotatable bonds is 3. The van der Waals surface area contributed by atoms with Gasteiger partial charge in [-0.3, -0.25) is 10.1 Å². The molecule has 1 aliphatic rings. The minimum absolute atomic E-state index is 0.159. The number of nitro benzene ring substituents is 1. The zero-order valence-corrected chi connectivity index (χ0v) is 12.1. The van der Waals surface area contributed by atoms with Crippen LogP contribution in [0.25, 0.3) is 0 Å². The molecule has 0 amide bonds. The standard InChI is InChI=1S/C12H16IN3O2/c13-11-7-10(5-6-12(11)16(17)18)15-9-3-1-8(14)2-4-9/h5-9,15H,1-4,14H2. The molecule has 5 nitrogen and oxygen atoms in total. The van der Waals surface area contributed by atoms with Crippen LogP contribution in [0.4, 0.5) is 11.4 Å². The highest BCUT2D eigenvalue weighted by atomic mass is 127. The van der Waals surface area contributed by atoms with E-state index in [1.165, 1.54) is 0 Å². The maximum atomic E-state index is 10.7. The second-order valence-electron chi connectivity index (χ2n) is 4.68. The number of benzene rings is 1. The number of nitrogens with two attached hydrogens (primary N) is 1. The Morgan fingerprint density at radius 3 is 2.56 bits per heavy atom. The van der Waals surface area contributed by atoms with E-state index in [0.29, 0.717) is 15.7 Å². The number of nitro groups is 1. The molecule has 1 aromatic rings. The van der Waals surface area contributed by atoms with Crippen LogP contribution in [0.2, 0.25) is 0 Å². The van der Waals surface area contributed by atoms with Crippen molar-refractivity contribution in [2.75, 3.05) is 5.32 Å². The summed E-state index contributed by atoms with van der Waals surface area (Å²) in [4.78, 5) is 10.4. The molecule has 0 saturated heterocycles. The third-order valence-corrected chi connectivity index (χ3v) is 4.15. The molecule has 1 aliphatic carbocycles. The lowest BCUT2D eigenvalue weighted by Crippen LogP contribution is -2.32. The number of anilines is 1. The van der Waals surface area contributed by atoms with Crippen LogP contribution in [-0.2, 0) is 0 Å². The first-order valence-electron chi connectivity index (χ1n) is 6.02. The van der Waals surface area contributed by atoms with Crippen LogP contribution in [0.15, 0.2) is 18.2 Å². The SMILES string of the molecule is NC1CCC(Nc2ccc([N+](=O)[O-])c(I)c2)CC1. The zero-order valence-electron chi connectivity index (χ0n) is 9.93. The molecule has 0 radical (unpaired) electrons. The van der Waals surface area contributed by atoms with Gasteiger partial charge >= 0.3 is 0 Å². The molecule has 98 valence electrons. The number of nitrogens with zero attached hydrogens (tertiary/aromatic N) is 1. The number of hydrogen-bond donors (Lipinski definition) is 2. The predicted molar refractivity (Wildman–Crippen MR) is 79.7 cm³/mol. The number of nitrogens with one attached hydrogen (secondary N) is 1. The summed E-state index contributed by atoms with van der Waals surface area (Å²) < 4.78 is 0.662. The third kappa shape index (κ3) is 3.32. The second kappa shape index (κ2) is 5.83. The first-order valence-corrected chi connectivity index (χ1v) is 7.10. The van der Waals surface area contributed by atoms with Crippen molar-refractivity contribution >= 4 is 34.0 Å². The lowest BCUT2D eigenvalue weighted by Gasteiger charge is -2.27. The largest absolute Gasteiger partial charge is 0.382 e. The normalized spacial score (nSPS) is 23.7.